The van der Waals surface area contributed by atoms with Gasteiger partial charge in [0.05, 0.1) is 11.1 Å². The normalized spacial score (nSPS) is 12.4. The molecule has 2 aromatic carbocycles. The van der Waals surface area contributed by atoms with Crippen LogP contribution in [0.5, 0.6) is 0 Å². The van der Waals surface area contributed by atoms with Crippen LogP contribution in [-0.4, -0.2) is 7.05 Å². The lowest BCUT2D eigenvalue weighted by molar-refractivity contribution is 0.613. The van der Waals surface area contributed by atoms with Crippen molar-refractivity contribution < 1.29 is 8.78 Å². The zero-order valence-corrected chi connectivity index (χ0v) is 10.5. The molecular weight excluding hydrogens is 256 g/mol. The van der Waals surface area contributed by atoms with Gasteiger partial charge in [0.15, 0.2) is 0 Å². The summed E-state index contributed by atoms with van der Waals surface area (Å²) >= 11 is 5.76. The highest BCUT2D eigenvalue weighted by molar-refractivity contribution is 6.30. The van der Waals surface area contributed by atoms with Gasteiger partial charge in [0.2, 0.25) is 0 Å². The molecule has 1 nitrogen and oxygen atoms in total. The van der Waals surface area contributed by atoms with Crippen molar-refractivity contribution in [3.8, 4) is 0 Å². The predicted molar refractivity (Wildman–Crippen MR) is 68.7 cm³/mol. The van der Waals surface area contributed by atoms with Crippen LogP contribution in [0, 0.1) is 11.6 Å². The van der Waals surface area contributed by atoms with Crippen molar-refractivity contribution >= 4 is 11.6 Å². The molecule has 0 heterocycles. The summed E-state index contributed by atoms with van der Waals surface area (Å²) in [5.41, 5.74) is 1.55. The van der Waals surface area contributed by atoms with Gasteiger partial charge >= 0.3 is 0 Å². The molecule has 1 atom stereocenters. The maximum absolute atomic E-state index is 13.2. The molecule has 94 valence electrons. The molecule has 2 rings (SSSR count). The smallest absolute Gasteiger partial charge is 0.141 e. The van der Waals surface area contributed by atoms with Crippen molar-refractivity contribution in [3.05, 3.63) is 70.2 Å². The van der Waals surface area contributed by atoms with E-state index in [4.69, 9.17) is 11.6 Å². The second kappa shape index (κ2) is 5.46. The molecule has 0 fully saturated rings. The Morgan fingerprint density at radius 2 is 1.78 bits per heavy atom. The summed E-state index contributed by atoms with van der Waals surface area (Å²) in [5.74, 6) is -0.768. The Labute approximate surface area is 109 Å². The van der Waals surface area contributed by atoms with Crippen molar-refractivity contribution in [2.75, 3.05) is 7.05 Å². The van der Waals surface area contributed by atoms with Crippen LogP contribution >= 0.6 is 11.6 Å². The van der Waals surface area contributed by atoms with Crippen LogP contribution < -0.4 is 5.32 Å². The fraction of sp³-hybridized carbons (Fsp3) is 0.143. The predicted octanol–water partition coefficient (Wildman–Crippen LogP) is 3.93. The number of hydrogen-bond acceptors (Lipinski definition) is 1. The monoisotopic (exact) mass is 267 g/mol. The first-order valence-electron chi connectivity index (χ1n) is 5.49. The lowest BCUT2D eigenvalue weighted by Gasteiger charge is -2.17. The average Bonchev–Trinajstić information content (AvgIpc) is 2.35. The van der Waals surface area contributed by atoms with Crippen molar-refractivity contribution in [2.24, 2.45) is 0 Å². The minimum absolute atomic E-state index is 0.0594. The number of nitrogens with one attached hydrogen (secondary N) is 1. The third-order valence-electron chi connectivity index (χ3n) is 2.75. The largest absolute Gasteiger partial charge is 0.309 e. The molecule has 0 amide bonds. The number of halogens is 3. The van der Waals surface area contributed by atoms with Crippen molar-refractivity contribution in [1.29, 1.82) is 0 Å². The first kappa shape index (κ1) is 13.0. The van der Waals surface area contributed by atoms with E-state index < -0.39 is 5.82 Å². The van der Waals surface area contributed by atoms with Crippen LogP contribution in [0.2, 0.25) is 5.02 Å². The topological polar surface area (TPSA) is 12.0 Å². The molecule has 2 aromatic rings. The Bertz CT molecular complexity index is 557. The summed E-state index contributed by atoms with van der Waals surface area (Å²) in [4.78, 5) is 0. The molecule has 0 aromatic heterocycles. The zero-order valence-electron chi connectivity index (χ0n) is 9.75. The van der Waals surface area contributed by atoms with Crippen LogP contribution in [0.1, 0.15) is 17.2 Å². The maximum atomic E-state index is 13.2. The summed E-state index contributed by atoms with van der Waals surface area (Å²) in [6, 6.07) is 10.5. The van der Waals surface area contributed by atoms with E-state index in [0.717, 1.165) is 11.1 Å². The van der Waals surface area contributed by atoms with Gasteiger partial charge in [-0.15, -0.1) is 0 Å². The summed E-state index contributed by atoms with van der Waals surface area (Å²) in [6.07, 6.45) is 0. The van der Waals surface area contributed by atoms with Crippen LogP contribution in [-0.2, 0) is 0 Å². The van der Waals surface area contributed by atoms with Gasteiger partial charge in [0.1, 0.15) is 11.6 Å². The number of hydrogen-bond donors (Lipinski definition) is 1. The van der Waals surface area contributed by atoms with E-state index in [0.29, 0.717) is 0 Å². The molecule has 0 aliphatic rings. The maximum Gasteiger partial charge on any atom is 0.141 e. The van der Waals surface area contributed by atoms with Gasteiger partial charge in [-0.3, -0.25) is 0 Å². The number of rotatable bonds is 3. The van der Waals surface area contributed by atoms with E-state index >= 15 is 0 Å². The lowest BCUT2D eigenvalue weighted by Crippen LogP contribution is -2.17. The first-order valence-corrected chi connectivity index (χ1v) is 5.87. The van der Waals surface area contributed by atoms with Crippen LogP contribution in [0.25, 0.3) is 0 Å². The minimum Gasteiger partial charge on any atom is -0.309 e. The fourth-order valence-corrected chi connectivity index (χ4v) is 2.09. The Morgan fingerprint density at radius 1 is 1.06 bits per heavy atom. The molecule has 0 radical (unpaired) electrons. The molecule has 0 spiro atoms. The van der Waals surface area contributed by atoms with Gasteiger partial charge < -0.3 is 5.32 Å². The van der Waals surface area contributed by atoms with Gasteiger partial charge in [-0.1, -0.05) is 29.8 Å². The summed E-state index contributed by atoms with van der Waals surface area (Å²) < 4.78 is 26.3. The lowest BCUT2D eigenvalue weighted by atomic mass is 9.99. The van der Waals surface area contributed by atoms with E-state index in [9.17, 15) is 8.78 Å². The second-order valence-electron chi connectivity index (χ2n) is 3.95. The van der Waals surface area contributed by atoms with Crippen LogP contribution in [0.3, 0.4) is 0 Å². The van der Waals surface area contributed by atoms with Gasteiger partial charge in [-0.2, -0.15) is 0 Å². The third-order valence-corrected chi connectivity index (χ3v) is 3.04. The molecule has 1 unspecified atom stereocenters. The third kappa shape index (κ3) is 2.68. The molecule has 4 heteroatoms. The molecule has 0 aliphatic heterocycles. The summed E-state index contributed by atoms with van der Waals surface area (Å²) in [5, 5.41) is 3.12. The minimum atomic E-state index is -0.463. The zero-order chi connectivity index (χ0) is 13.1. The van der Waals surface area contributed by atoms with E-state index in [1.807, 2.05) is 6.07 Å². The van der Waals surface area contributed by atoms with E-state index in [-0.39, 0.29) is 16.9 Å². The summed E-state index contributed by atoms with van der Waals surface area (Å²) in [7, 11) is 1.76. The standard InChI is InChI=1S/C14H12ClF2N/c1-18-14(9-3-2-4-11(16)7-9)10-5-6-13(17)12(15)8-10/h2-8,14,18H,1H3. The highest BCUT2D eigenvalue weighted by Gasteiger charge is 2.14. The molecule has 0 saturated heterocycles. The van der Waals surface area contributed by atoms with E-state index in [1.54, 1.807) is 25.2 Å². The van der Waals surface area contributed by atoms with Crippen LogP contribution in [0.15, 0.2) is 42.5 Å². The SMILES string of the molecule is CNC(c1cccc(F)c1)c1ccc(F)c(Cl)c1. The van der Waals surface area contributed by atoms with Crippen molar-refractivity contribution in [3.63, 3.8) is 0 Å². The van der Waals surface area contributed by atoms with Crippen molar-refractivity contribution in [1.82, 2.24) is 5.32 Å². The Hall–Kier alpha value is -1.45. The molecule has 0 bridgehead atoms. The van der Waals surface area contributed by atoms with Gasteiger partial charge in [0, 0.05) is 0 Å². The van der Waals surface area contributed by atoms with Gasteiger partial charge in [0.25, 0.3) is 0 Å². The van der Waals surface area contributed by atoms with E-state index in [1.165, 1.54) is 18.2 Å². The fourth-order valence-electron chi connectivity index (χ4n) is 1.90. The number of benzene rings is 2. The molecular formula is C14H12ClF2N. The Kier molecular flexibility index (Phi) is 3.94. The summed E-state index contributed by atoms with van der Waals surface area (Å²) in [6.45, 7) is 0. The molecule has 18 heavy (non-hydrogen) atoms. The molecule has 1 N–H and O–H groups in total. The molecule has 0 saturated carbocycles. The van der Waals surface area contributed by atoms with Gasteiger partial charge in [-0.25, -0.2) is 8.78 Å². The Balaban J connectivity index is 2.42. The first-order chi connectivity index (χ1) is 8.61. The quantitative estimate of drug-likeness (QED) is 0.889. The molecule has 0 aliphatic carbocycles. The Morgan fingerprint density at radius 3 is 2.39 bits per heavy atom. The highest BCUT2D eigenvalue weighted by Crippen LogP contribution is 2.26. The van der Waals surface area contributed by atoms with Gasteiger partial charge in [-0.05, 0) is 42.4 Å². The van der Waals surface area contributed by atoms with Crippen molar-refractivity contribution in [2.45, 2.75) is 6.04 Å². The average molecular weight is 268 g/mol. The van der Waals surface area contributed by atoms with Crippen LogP contribution in [0.4, 0.5) is 8.78 Å². The van der Waals surface area contributed by atoms with E-state index in [2.05, 4.69) is 5.32 Å². The highest BCUT2D eigenvalue weighted by atomic mass is 35.5. The second-order valence-corrected chi connectivity index (χ2v) is 4.36.